The molecule has 3 rings (SSSR count). The van der Waals surface area contributed by atoms with Crippen LogP contribution in [0.25, 0.3) is 10.9 Å². The van der Waals surface area contributed by atoms with Crippen LogP contribution in [0.2, 0.25) is 0 Å². The molecule has 1 aliphatic rings. The van der Waals surface area contributed by atoms with E-state index in [1.807, 2.05) is 0 Å². The van der Waals surface area contributed by atoms with E-state index in [2.05, 4.69) is 9.72 Å². The number of aromatic nitrogens is 1. The largest absolute Gasteiger partial charge is 0.435 e. The van der Waals surface area contributed by atoms with Gasteiger partial charge in [-0.25, -0.2) is 9.90 Å². The summed E-state index contributed by atoms with van der Waals surface area (Å²) in [5.41, 5.74) is 1.64. The maximum absolute atomic E-state index is 12.0. The van der Waals surface area contributed by atoms with Crippen molar-refractivity contribution in [2.75, 3.05) is 11.8 Å². The van der Waals surface area contributed by atoms with Crippen molar-refractivity contribution in [3.05, 3.63) is 24.4 Å². The summed E-state index contributed by atoms with van der Waals surface area (Å²) in [5.74, 6) is 0.141. The van der Waals surface area contributed by atoms with Crippen LogP contribution in [-0.2, 0) is 4.84 Å². The molecule has 0 unspecified atom stereocenters. The van der Waals surface area contributed by atoms with Gasteiger partial charge in [0.15, 0.2) is 6.73 Å². The molecule has 0 radical (unpaired) electrons. The summed E-state index contributed by atoms with van der Waals surface area (Å²) >= 11 is 0. The lowest BCUT2D eigenvalue weighted by molar-refractivity contribution is -0.0497. The Bertz CT molecular complexity index is 528. The first-order valence-corrected chi connectivity index (χ1v) is 4.70. The Hall–Kier alpha value is -1.82. The van der Waals surface area contributed by atoms with Crippen molar-refractivity contribution in [1.82, 2.24) is 4.98 Å². The van der Waals surface area contributed by atoms with Gasteiger partial charge in [-0.2, -0.15) is 8.78 Å². The van der Waals surface area contributed by atoms with Gasteiger partial charge in [0, 0.05) is 19.1 Å². The van der Waals surface area contributed by atoms with Crippen LogP contribution in [0.3, 0.4) is 0 Å². The number of rotatable bonds is 3. The number of anilines is 1. The van der Waals surface area contributed by atoms with Crippen molar-refractivity contribution >= 4 is 16.6 Å². The second-order valence-electron chi connectivity index (χ2n) is 3.40. The molecule has 2 heterocycles. The zero-order valence-electron chi connectivity index (χ0n) is 8.11. The topological polar surface area (TPSA) is 40.6 Å². The molecule has 1 saturated heterocycles. The van der Waals surface area contributed by atoms with Gasteiger partial charge in [-0.1, -0.05) is 0 Å². The molecule has 1 aromatic carbocycles. The number of hydrogen-bond acceptors (Lipinski definition) is 3. The van der Waals surface area contributed by atoms with Crippen molar-refractivity contribution in [1.29, 1.82) is 0 Å². The molecule has 4 nitrogen and oxygen atoms in total. The Kier molecular flexibility index (Phi) is 1.97. The number of aromatic amines is 1. The highest BCUT2D eigenvalue weighted by Crippen LogP contribution is 2.33. The number of alkyl halides is 2. The van der Waals surface area contributed by atoms with Gasteiger partial charge >= 0.3 is 6.61 Å². The highest BCUT2D eigenvalue weighted by Gasteiger charge is 2.23. The predicted molar refractivity (Wildman–Crippen MR) is 55.5 cm³/mol. The molecule has 1 aromatic heterocycles. The summed E-state index contributed by atoms with van der Waals surface area (Å²) in [5, 5.41) is 2.62. The van der Waals surface area contributed by atoms with Crippen LogP contribution >= 0.6 is 0 Å². The molecule has 0 amide bonds. The van der Waals surface area contributed by atoms with Gasteiger partial charge in [0.05, 0.1) is 11.2 Å². The van der Waals surface area contributed by atoms with E-state index < -0.39 is 6.61 Å². The molecule has 16 heavy (non-hydrogen) atoms. The van der Waals surface area contributed by atoms with Gasteiger partial charge in [-0.05, 0) is 12.1 Å². The van der Waals surface area contributed by atoms with Crippen LogP contribution < -0.4 is 9.80 Å². The molecule has 0 aliphatic carbocycles. The third kappa shape index (κ3) is 1.57. The molecule has 0 saturated carbocycles. The number of fused-ring (bicyclic) bond motifs is 1. The Balaban J connectivity index is 0.00000108. The lowest BCUT2D eigenvalue weighted by Gasteiger charge is -2.04. The predicted octanol–water partition coefficient (Wildman–Crippen LogP) is 2.72. The summed E-state index contributed by atoms with van der Waals surface area (Å²) in [7, 11) is 0. The van der Waals surface area contributed by atoms with Crippen LogP contribution in [-0.4, -0.2) is 18.3 Å². The van der Waals surface area contributed by atoms with E-state index in [1.165, 1.54) is 12.1 Å². The molecule has 1 N–H and O–H groups in total. The molecular formula is C10H10F2N2O2. The SMILES string of the molecule is FC(F)Oc1ccc2c(N3CO3)c[nH]c2c1.[HH]. The molecular weight excluding hydrogens is 218 g/mol. The van der Waals surface area contributed by atoms with Crippen molar-refractivity contribution in [2.24, 2.45) is 0 Å². The fraction of sp³-hybridized carbons (Fsp3) is 0.200. The number of benzene rings is 1. The van der Waals surface area contributed by atoms with Gasteiger partial charge in [0.25, 0.3) is 0 Å². The highest BCUT2D eigenvalue weighted by atomic mass is 19.3. The van der Waals surface area contributed by atoms with E-state index in [1.54, 1.807) is 17.3 Å². The maximum atomic E-state index is 12.0. The Morgan fingerprint density at radius 2 is 2.31 bits per heavy atom. The van der Waals surface area contributed by atoms with Crippen molar-refractivity contribution < 1.29 is 19.8 Å². The lowest BCUT2D eigenvalue weighted by atomic mass is 10.2. The highest BCUT2D eigenvalue weighted by molar-refractivity contribution is 5.93. The number of nitrogens with one attached hydrogen (secondary N) is 1. The lowest BCUT2D eigenvalue weighted by Crippen LogP contribution is -2.01. The molecule has 1 fully saturated rings. The summed E-state index contributed by atoms with van der Waals surface area (Å²) in [6.07, 6.45) is 1.77. The van der Waals surface area contributed by atoms with Gasteiger partial charge in [-0.3, -0.25) is 0 Å². The molecule has 86 valence electrons. The third-order valence-corrected chi connectivity index (χ3v) is 2.38. The molecule has 1 aliphatic heterocycles. The van der Waals surface area contributed by atoms with Gasteiger partial charge in [0.1, 0.15) is 5.75 Å². The molecule has 2 aromatic rings. The number of hydroxylamine groups is 1. The summed E-state index contributed by atoms with van der Waals surface area (Å²) in [6.45, 7) is -2.25. The normalized spacial score (nSPS) is 14.8. The van der Waals surface area contributed by atoms with Crippen LogP contribution in [0.4, 0.5) is 14.5 Å². The number of H-pyrrole nitrogens is 1. The third-order valence-electron chi connectivity index (χ3n) is 2.38. The van der Waals surface area contributed by atoms with E-state index >= 15 is 0 Å². The zero-order valence-corrected chi connectivity index (χ0v) is 8.11. The minimum Gasteiger partial charge on any atom is -0.435 e. The monoisotopic (exact) mass is 228 g/mol. The average Bonchev–Trinajstić information content (AvgIpc) is 2.98. The zero-order chi connectivity index (χ0) is 11.1. The van der Waals surface area contributed by atoms with Crippen molar-refractivity contribution in [2.45, 2.75) is 6.61 Å². The molecule has 0 atom stereocenters. The van der Waals surface area contributed by atoms with Gasteiger partial charge in [-0.15, -0.1) is 0 Å². The van der Waals surface area contributed by atoms with Crippen molar-refractivity contribution in [3.63, 3.8) is 0 Å². The standard InChI is InChI=1S/C10H8F2N2O2.H2/c11-10(12)16-6-1-2-7-8(3-6)13-4-9(7)14-5-15-14;/h1-4,10,13H,5H2;1H. The Morgan fingerprint density at radius 1 is 1.50 bits per heavy atom. The van der Waals surface area contributed by atoms with E-state index in [4.69, 9.17) is 4.84 Å². The number of halogens is 2. The molecule has 0 spiro atoms. The van der Waals surface area contributed by atoms with E-state index in [0.717, 1.165) is 16.6 Å². The first-order chi connectivity index (χ1) is 7.74. The van der Waals surface area contributed by atoms with E-state index in [-0.39, 0.29) is 7.18 Å². The smallest absolute Gasteiger partial charge is 0.387 e. The summed E-state index contributed by atoms with van der Waals surface area (Å²) in [6, 6.07) is 4.77. The first kappa shape index (κ1) is 9.41. The fourth-order valence-electron chi connectivity index (χ4n) is 1.64. The van der Waals surface area contributed by atoms with Crippen LogP contribution in [0.1, 0.15) is 1.43 Å². The summed E-state index contributed by atoms with van der Waals surface area (Å²) < 4.78 is 28.3. The first-order valence-electron chi connectivity index (χ1n) is 4.70. The van der Waals surface area contributed by atoms with Gasteiger partial charge in [0.2, 0.25) is 0 Å². The maximum Gasteiger partial charge on any atom is 0.387 e. The van der Waals surface area contributed by atoms with Crippen molar-refractivity contribution in [3.8, 4) is 5.75 Å². The second-order valence-corrected chi connectivity index (χ2v) is 3.40. The number of hydrogen-bond donors (Lipinski definition) is 1. The summed E-state index contributed by atoms with van der Waals surface area (Å²) in [4.78, 5) is 7.99. The minimum atomic E-state index is -2.80. The number of ether oxygens (including phenoxy) is 1. The van der Waals surface area contributed by atoms with Crippen LogP contribution in [0, 0.1) is 0 Å². The van der Waals surface area contributed by atoms with Gasteiger partial charge < -0.3 is 9.72 Å². The quantitative estimate of drug-likeness (QED) is 0.821. The average molecular weight is 228 g/mol. The fourth-order valence-corrected chi connectivity index (χ4v) is 1.64. The second kappa shape index (κ2) is 3.34. The van der Waals surface area contributed by atoms with Crippen LogP contribution in [0.15, 0.2) is 24.4 Å². The Morgan fingerprint density at radius 3 is 3.00 bits per heavy atom. The van der Waals surface area contributed by atoms with E-state index in [9.17, 15) is 8.78 Å². The molecule has 0 bridgehead atoms. The Labute approximate surface area is 90.8 Å². The number of nitrogens with zero attached hydrogens (tertiary/aromatic N) is 1. The minimum absolute atomic E-state index is 0. The molecule has 6 heteroatoms. The van der Waals surface area contributed by atoms with Crippen LogP contribution in [0.5, 0.6) is 5.75 Å². The van der Waals surface area contributed by atoms with E-state index in [0.29, 0.717) is 6.73 Å².